The second-order valence-electron chi connectivity index (χ2n) is 3.56. The Labute approximate surface area is 119 Å². The van der Waals surface area contributed by atoms with Crippen LogP contribution in [0.1, 0.15) is 17.4 Å². The van der Waals surface area contributed by atoms with Crippen LogP contribution < -0.4 is 0 Å². The van der Waals surface area contributed by atoms with E-state index in [1.807, 2.05) is 18.4 Å². The number of esters is 1. The number of halogens is 1. The lowest BCUT2D eigenvalue weighted by Crippen LogP contribution is -2.07. The molecule has 5 nitrogen and oxygen atoms in total. The normalized spacial score (nSPS) is 10.5. The zero-order chi connectivity index (χ0) is 13.8. The number of carbonyl (C=O) groups excluding carboxylic acids is 1. The average molecular weight is 298 g/mol. The fourth-order valence-electron chi connectivity index (χ4n) is 1.65. The van der Waals surface area contributed by atoms with Gasteiger partial charge < -0.3 is 4.74 Å². The van der Waals surface area contributed by atoms with E-state index in [2.05, 4.69) is 15.4 Å². The summed E-state index contributed by atoms with van der Waals surface area (Å²) in [5, 5.41) is 10.8. The summed E-state index contributed by atoms with van der Waals surface area (Å²) >= 11 is 7.73. The summed E-state index contributed by atoms with van der Waals surface area (Å²) in [7, 11) is 0. The maximum absolute atomic E-state index is 11.8. The highest BCUT2D eigenvalue weighted by Crippen LogP contribution is 2.36. The monoisotopic (exact) mass is 297 g/mol. The molecule has 0 radical (unpaired) electrons. The van der Waals surface area contributed by atoms with Crippen molar-refractivity contribution in [2.75, 3.05) is 12.9 Å². The molecule has 0 aliphatic carbocycles. The molecule has 2 aromatic rings. The Kier molecular flexibility index (Phi) is 4.44. The van der Waals surface area contributed by atoms with E-state index in [1.165, 1.54) is 11.8 Å². The van der Waals surface area contributed by atoms with E-state index in [1.54, 1.807) is 13.0 Å². The van der Waals surface area contributed by atoms with Gasteiger partial charge in [0.2, 0.25) is 0 Å². The molecule has 0 fully saturated rings. The molecule has 1 aromatic carbocycles. The summed E-state index contributed by atoms with van der Waals surface area (Å²) in [5.41, 5.74) is 1.24. The third-order valence-corrected chi connectivity index (χ3v) is 3.54. The lowest BCUT2D eigenvalue weighted by molar-refractivity contribution is 0.0520. The second-order valence-corrected chi connectivity index (χ2v) is 4.81. The number of benzene rings is 1. The molecule has 0 atom stereocenters. The van der Waals surface area contributed by atoms with Crippen LogP contribution in [0.15, 0.2) is 23.1 Å². The van der Waals surface area contributed by atoms with Gasteiger partial charge in [-0.15, -0.1) is 16.9 Å². The van der Waals surface area contributed by atoms with Crippen LogP contribution in [0.2, 0.25) is 5.02 Å². The van der Waals surface area contributed by atoms with Crippen molar-refractivity contribution in [3.63, 3.8) is 0 Å². The van der Waals surface area contributed by atoms with E-state index < -0.39 is 5.97 Å². The molecule has 0 spiro atoms. The molecule has 7 heteroatoms. The van der Waals surface area contributed by atoms with E-state index in [-0.39, 0.29) is 12.3 Å². The Balaban J connectivity index is 2.54. The molecular formula is C12H12ClN3O2S. The topological polar surface area (TPSA) is 67.9 Å². The molecule has 0 saturated carbocycles. The molecular weight excluding hydrogens is 286 g/mol. The third kappa shape index (κ3) is 2.74. The number of nitrogens with zero attached hydrogens (tertiary/aromatic N) is 2. The molecule has 1 aromatic heterocycles. The Morgan fingerprint density at radius 1 is 1.47 bits per heavy atom. The average Bonchev–Trinajstić information content (AvgIpc) is 2.87. The first-order chi connectivity index (χ1) is 9.19. The number of carbonyl (C=O) groups is 1. The van der Waals surface area contributed by atoms with Gasteiger partial charge in [-0.05, 0) is 25.3 Å². The highest BCUT2D eigenvalue weighted by atomic mass is 35.5. The number of H-pyrrole nitrogens is 1. The van der Waals surface area contributed by atoms with Gasteiger partial charge in [-0.3, -0.25) is 0 Å². The van der Waals surface area contributed by atoms with Crippen LogP contribution in [-0.2, 0) is 4.74 Å². The number of aromatic amines is 1. The summed E-state index contributed by atoms with van der Waals surface area (Å²) in [4.78, 5) is 12.7. The number of hydrogen-bond acceptors (Lipinski definition) is 5. The van der Waals surface area contributed by atoms with Gasteiger partial charge in [0.1, 0.15) is 5.69 Å². The van der Waals surface area contributed by atoms with E-state index >= 15 is 0 Å². The minimum atomic E-state index is -0.516. The van der Waals surface area contributed by atoms with Crippen molar-refractivity contribution in [3.8, 4) is 11.3 Å². The van der Waals surface area contributed by atoms with Crippen LogP contribution in [-0.4, -0.2) is 34.2 Å². The molecule has 0 aliphatic heterocycles. The quantitative estimate of drug-likeness (QED) is 0.694. The van der Waals surface area contributed by atoms with E-state index in [4.69, 9.17) is 16.3 Å². The zero-order valence-corrected chi connectivity index (χ0v) is 12.0. The second kappa shape index (κ2) is 6.08. The summed E-state index contributed by atoms with van der Waals surface area (Å²) in [5.74, 6) is -0.516. The van der Waals surface area contributed by atoms with Crippen LogP contribution in [0.25, 0.3) is 11.3 Å². The Morgan fingerprint density at radius 2 is 2.26 bits per heavy atom. The Bertz CT molecular complexity index is 600. The van der Waals surface area contributed by atoms with E-state index in [0.29, 0.717) is 16.3 Å². The molecule has 1 heterocycles. The first-order valence-electron chi connectivity index (χ1n) is 5.59. The van der Waals surface area contributed by atoms with Crippen LogP contribution >= 0.6 is 23.4 Å². The van der Waals surface area contributed by atoms with Gasteiger partial charge in [0, 0.05) is 10.5 Å². The van der Waals surface area contributed by atoms with Crippen molar-refractivity contribution in [3.05, 3.63) is 28.9 Å². The largest absolute Gasteiger partial charge is 0.461 e. The number of hydrogen-bond donors (Lipinski definition) is 1. The number of ether oxygens (including phenoxy) is 1. The number of aromatic nitrogens is 3. The van der Waals surface area contributed by atoms with E-state index in [9.17, 15) is 4.79 Å². The van der Waals surface area contributed by atoms with Crippen molar-refractivity contribution in [2.24, 2.45) is 0 Å². The van der Waals surface area contributed by atoms with Crippen molar-refractivity contribution in [1.82, 2.24) is 15.4 Å². The van der Waals surface area contributed by atoms with Crippen molar-refractivity contribution >= 4 is 29.3 Å². The van der Waals surface area contributed by atoms with Gasteiger partial charge in [0.15, 0.2) is 5.69 Å². The minimum absolute atomic E-state index is 0.144. The van der Waals surface area contributed by atoms with Gasteiger partial charge in [-0.25, -0.2) is 4.79 Å². The molecule has 0 aliphatic rings. The molecule has 19 heavy (non-hydrogen) atoms. The molecule has 2 rings (SSSR count). The first kappa shape index (κ1) is 13.9. The first-order valence-corrected chi connectivity index (χ1v) is 7.20. The fraction of sp³-hybridized carbons (Fsp3) is 0.250. The van der Waals surface area contributed by atoms with Crippen LogP contribution in [0.5, 0.6) is 0 Å². The third-order valence-electron chi connectivity index (χ3n) is 2.45. The van der Waals surface area contributed by atoms with Crippen molar-refractivity contribution in [2.45, 2.75) is 11.8 Å². The minimum Gasteiger partial charge on any atom is -0.461 e. The Hall–Kier alpha value is -1.53. The predicted octanol–water partition coefficient (Wildman–Crippen LogP) is 3.02. The highest BCUT2D eigenvalue weighted by molar-refractivity contribution is 7.98. The van der Waals surface area contributed by atoms with Gasteiger partial charge >= 0.3 is 5.97 Å². The predicted molar refractivity (Wildman–Crippen MR) is 74.6 cm³/mol. The molecule has 0 amide bonds. The SMILES string of the molecule is CCOC(=O)c1n[nH]nc1-c1c(Cl)cccc1SC. The molecule has 100 valence electrons. The number of thioether (sulfide) groups is 1. The smallest absolute Gasteiger partial charge is 0.361 e. The lowest BCUT2D eigenvalue weighted by atomic mass is 10.1. The van der Waals surface area contributed by atoms with Gasteiger partial charge in [0.25, 0.3) is 0 Å². The van der Waals surface area contributed by atoms with Crippen molar-refractivity contribution < 1.29 is 9.53 Å². The zero-order valence-electron chi connectivity index (χ0n) is 10.4. The maximum atomic E-state index is 11.8. The maximum Gasteiger partial charge on any atom is 0.361 e. The number of rotatable bonds is 4. The van der Waals surface area contributed by atoms with Gasteiger partial charge in [0.05, 0.1) is 11.6 Å². The molecule has 1 N–H and O–H groups in total. The Morgan fingerprint density at radius 3 is 2.95 bits per heavy atom. The summed E-state index contributed by atoms with van der Waals surface area (Å²) in [6, 6.07) is 5.51. The lowest BCUT2D eigenvalue weighted by Gasteiger charge is -2.08. The summed E-state index contributed by atoms with van der Waals surface area (Å²) < 4.78 is 4.95. The van der Waals surface area contributed by atoms with Crippen LogP contribution in [0, 0.1) is 0 Å². The standard InChI is InChI=1S/C12H12ClN3O2S/c1-3-18-12(17)11-10(14-16-15-11)9-7(13)5-4-6-8(9)19-2/h4-6H,3H2,1-2H3,(H,14,15,16). The van der Waals surface area contributed by atoms with Crippen molar-refractivity contribution in [1.29, 1.82) is 0 Å². The summed E-state index contributed by atoms with van der Waals surface area (Å²) in [6.07, 6.45) is 1.93. The van der Waals surface area contributed by atoms with Gasteiger partial charge in [-0.2, -0.15) is 10.3 Å². The summed E-state index contributed by atoms with van der Waals surface area (Å²) in [6.45, 7) is 2.02. The number of nitrogens with one attached hydrogen (secondary N) is 1. The fourth-order valence-corrected chi connectivity index (χ4v) is 2.60. The molecule has 0 saturated heterocycles. The van der Waals surface area contributed by atoms with E-state index in [0.717, 1.165) is 4.90 Å². The molecule has 0 unspecified atom stereocenters. The van der Waals surface area contributed by atoms with Gasteiger partial charge in [-0.1, -0.05) is 17.7 Å². The van der Waals surface area contributed by atoms with Crippen LogP contribution in [0.3, 0.4) is 0 Å². The molecule has 0 bridgehead atoms. The highest BCUT2D eigenvalue weighted by Gasteiger charge is 2.22. The van der Waals surface area contributed by atoms with Crippen LogP contribution in [0.4, 0.5) is 0 Å².